The molecule has 0 fully saturated rings. The first-order valence-electron chi connectivity index (χ1n) is 12.1. The number of hydrogen-bond acceptors (Lipinski definition) is 0. The molecule has 0 N–H and O–H groups in total. The highest BCUT2D eigenvalue weighted by Gasteiger charge is 2.19. The van der Waals surface area contributed by atoms with Crippen molar-refractivity contribution in [2.75, 3.05) is 0 Å². The van der Waals surface area contributed by atoms with Crippen LogP contribution in [0.5, 0.6) is 0 Å². The molecule has 8 bridgehead atoms. The Hall–Kier alpha value is -4.43. The Morgan fingerprint density at radius 1 is 0.543 bits per heavy atom. The van der Waals surface area contributed by atoms with Gasteiger partial charge in [0, 0.05) is 0 Å². The van der Waals surface area contributed by atoms with Crippen molar-refractivity contribution in [2.24, 2.45) is 7.05 Å². The SMILES string of the molecule is Cc1ccc2cc1c1n(c3cccc(c3)c3cccc(c3)c3cccc2c3)c2ccccc2[n+]1C. The molecular formula is C33H25N2+. The smallest absolute Gasteiger partial charge is 0.225 e. The number of imidazole rings is 1. The number of nitrogens with zero attached hydrogens (tertiary/aromatic N) is 2. The first-order chi connectivity index (χ1) is 17.2. The van der Waals surface area contributed by atoms with E-state index >= 15 is 0 Å². The van der Waals surface area contributed by atoms with Gasteiger partial charge in [-0.25, -0.2) is 4.57 Å². The van der Waals surface area contributed by atoms with Crippen molar-refractivity contribution in [3.8, 4) is 0 Å². The third-order valence-corrected chi connectivity index (χ3v) is 7.32. The Morgan fingerprint density at radius 2 is 1.11 bits per heavy atom. The molecule has 0 aliphatic rings. The van der Waals surface area contributed by atoms with Gasteiger partial charge in [-0.05, 0) is 87.3 Å². The third kappa shape index (κ3) is 3.07. The van der Waals surface area contributed by atoms with Crippen molar-refractivity contribution in [3.05, 3.63) is 121 Å². The molecule has 0 atom stereocenters. The van der Waals surface area contributed by atoms with Crippen LogP contribution < -0.4 is 4.57 Å². The van der Waals surface area contributed by atoms with Gasteiger partial charge in [0.25, 0.3) is 5.65 Å². The molecule has 7 rings (SSSR count). The van der Waals surface area contributed by atoms with Crippen molar-refractivity contribution in [1.29, 1.82) is 0 Å². The molecule has 0 aliphatic heterocycles. The minimum atomic E-state index is 1.17. The summed E-state index contributed by atoms with van der Waals surface area (Å²) in [7, 11) is 2.18. The number of aromatic nitrogens is 2. The maximum absolute atomic E-state index is 2.41. The van der Waals surface area contributed by atoms with E-state index in [0.29, 0.717) is 0 Å². The molecule has 2 heterocycles. The highest BCUT2D eigenvalue weighted by molar-refractivity contribution is 5.99. The molecule has 2 aromatic heterocycles. The van der Waals surface area contributed by atoms with E-state index in [0.717, 1.165) is 0 Å². The molecule has 5 aromatic carbocycles. The largest absolute Gasteiger partial charge is 0.295 e. The van der Waals surface area contributed by atoms with Crippen LogP contribution in [0.25, 0.3) is 59.9 Å². The van der Waals surface area contributed by atoms with Crippen LogP contribution in [-0.2, 0) is 7.05 Å². The molecule has 2 heteroatoms. The second-order valence-electron chi connectivity index (χ2n) is 9.45. The lowest BCUT2D eigenvalue weighted by atomic mass is 10.0. The predicted molar refractivity (Wildman–Crippen MR) is 148 cm³/mol. The Bertz CT molecular complexity index is 2030. The van der Waals surface area contributed by atoms with Gasteiger partial charge in [0.2, 0.25) is 0 Å². The van der Waals surface area contributed by atoms with Crippen LogP contribution in [0.4, 0.5) is 0 Å². The zero-order valence-corrected chi connectivity index (χ0v) is 19.9. The second-order valence-corrected chi connectivity index (χ2v) is 9.45. The molecule has 2 nitrogen and oxygen atoms in total. The summed E-state index contributed by atoms with van der Waals surface area (Å²) < 4.78 is 4.74. The van der Waals surface area contributed by atoms with E-state index < -0.39 is 0 Å². The van der Waals surface area contributed by atoms with Gasteiger partial charge in [0.1, 0.15) is 5.52 Å². The van der Waals surface area contributed by atoms with Gasteiger partial charge in [-0.15, -0.1) is 0 Å². The van der Waals surface area contributed by atoms with Crippen molar-refractivity contribution < 1.29 is 4.57 Å². The highest BCUT2D eigenvalue weighted by Crippen LogP contribution is 2.27. The average molecular weight is 450 g/mol. The quantitative estimate of drug-likeness (QED) is 0.208. The zero-order valence-electron chi connectivity index (χ0n) is 19.9. The summed E-state index contributed by atoms with van der Waals surface area (Å²) in [5.41, 5.74) is 6.03. The standard InChI is InChI=1S/C33H25N2/c1-22-16-17-28-21-30(22)33-34(2)31-14-3-4-15-32(31)35(33)29-13-7-12-27(20-29)25-10-5-8-23(18-25)24-9-6-11-26(28)19-24/h3-21H,1-2H3/q+1. The number of fused-ring (bicyclic) bond motifs is 16. The number of benzene rings is 5. The van der Waals surface area contributed by atoms with E-state index in [2.05, 4.69) is 138 Å². The van der Waals surface area contributed by atoms with E-state index in [1.54, 1.807) is 0 Å². The minimum Gasteiger partial charge on any atom is -0.225 e. The normalized spacial score (nSPS) is 11.7. The fraction of sp³-hybridized carbons (Fsp3) is 0.0606. The van der Waals surface area contributed by atoms with E-state index in [1.807, 2.05) is 0 Å². The number of para-hydroxylation sites is 2. The summed E-state index contributed by atoms with van der Waals surface area (Å²) in [6.07, 6.45) is 0. The van der Waals surface area contributed by atoms with Gasteiger partial charge in [-0.1, -0.05) is 72.8 Å². The van der Waals surface area contributed by atoms with Crippen LogP contribution in [0.15, 0.2) is 115 Å². The van der Waals surface area contributed by atoms with Gasteiger partial charge in [-0.3, -0.25) is 0 Å². The molecule has 0 radical (unpaired) electrons. The molecule has 0 saturated carbocycles. The summed E-state index contributed by atoms with van der Waals surface area (Å²) >= 11 is 0. The predicted octanol–water partition coefficient (Wildman–Crippen LogP) is 7.96. The topological polar surface area (TPSA) is 8.29 Å². The molecule has 7 aromatic rings. The van der Waals surface area contributed by atoms with Gasteiger partial charge in [-0.2, -0.15) is 4.40 Å². The number of aryl methyl sites for hydroxylation is 2. The minimum absolute atomic E-state index is 1.17. The zero-order chi connectivity index (χ0) is 23.5. The van der Waals surface area contributed by atoms with Gasteiger partial charge < -0.3 is 0 Å². The second kappa shape index (κ2) is 7.54. The van der Waals surface area contributed by atoms with Crippen LogP contribution in [0, 0.1) is 6.92 Å². The van der Waals surface area contributed by atoms with Crippen molar-refractivity contribution in [1.82, 2.24) is 4.40 Å². The molecule has 0 saturated heterocycles. The van der Waals surface area contributed by atoms with Crippen LogP contribution in [0.2, 0.25) is 0 Å². The maximum atomic E-state index is 2.41. The van der Waals surface area contributed by atoms with Crippen LogP contribution in [0.1, 0.15) is 5.56 Å². The number of rotatable bonds is 0. The average Bonchev–Trinajstić information content (AvgIpc) is 3.21. The molecule has 0 spiro atoms. The Labute approximate surface area is 203 Å². The van der Waals surface area contributed by atoms with Gasteiger partial charge in [0.05, 0.1) is 12.4 Å². The first-order valence-corrected chi connectivity index (χ1v) is 12.1. The Kier molecular flexibility index (Phi) is 4.31. The van der Waals surface area contributed by atoms with Gasteiger partial charge in [0.15, 0.2) is 11.0 Å². The molecular weight excluding hydrogens is 424 g/mol. The summed E-state index contributed by atoms with van der Waals surface area (Å²) in [6, 6.07) is 42.2. The van der Waals surface area contributed by atoms with Crippen molar-refractivity contribution in [3.63, 3.8) is 0 Å². The first kappa shape index (κ1) is 20.0. The highest BCUT2D eigenvalue weighted by atomic mass is 15.1. The molecule has 166 valence electrons. The lowest BCUT2D eigenvalue weighted by Crippen LogP contribution is -2.27. The van der Waals surface area contributed by atoms with Crippen LogP contribution in [-0.4, -0.2) is 4.40 Å². The molecule has 0 aliphatic carbocycles. The Morgan fingerprint density at radius 3 is 1.80 bits per heavy atom. The maximum Gasteiger partial charge on any atom is 0.295 e. The van der Waals surface area contributed by atoms with E-state index in [4.69, 9.17) is 0 Å². The summed E-state index contributed by atoms with van der Waals surface area (Å²) in [4.78, 5) is 0. The summed E-state index contributed by atoms with van der Waals surface area (Å²) in [6.45, 7) is 2.21. The Balaban J connectivity index is 1.88. The van der Waals surface area contributed by atoms with E-state index in [9.17, 15) is 0 Å². The summed E-state index contributed by atoms with van der Waals surface area (Å²) in [5.74, 6) is 0. The van der Waals surface area contributed by atoms with E-state index in [1.165, 1.54) is 65.5 Å². The third-order valence-electron chi connectivity index (χ3n) is 7.32. The fourth-order valence-corrected chi connectivity index (χ4v) is 5.50. The monoisotopic (exact) mass is 449 g/mol. The number of hydrogen-bond donors (Lipinski definition) is 0. The fourth-order valence-electron chi connectivity index (χ4n) is 5.50. The van der Waals surface area contributed by atoms with Crippen LogP contribution >= 0.6 is 0 Å². The molecule has 35 heavy (non-hydrogen) atoms. The van der Waals surface area contributed by atoms with Crippen LogP contribution in [0.3, 0.4) is 0 Å². The van der Waals surface area contributed by atoms with E-state index in [-0.39, 0.29) is 0 Å². The van der Waals surface area contributed by atoms with Crippen molar-refractivity contribution in [2.45, 2.75) is 6.92 Å². The van der Waals surface area contributed by atoms with Gasteiger partial charge >= 0.3 is 0 Å². The lowest BCUT2D eigenvalue weighted by Gasteiger charge is -2.03. The molecule has 0 amide bonds. The summed E-state index contributed by atoms with van der Waals surface area (Å²) in [5, 5.41) is 8.61. The van der Waals surface area contributed by atoms with Crippen molar-refractivity contribution >= 4 is 59.9 Å². The molecule has 0 unspecified atom stereocenters. The lowest BCUT2D eigenvalue weighted by molar-refractivity contribution is -0.617.